The zero-order chi connectivity index (χ0) is 14.7. The molecule has 1 aliphatic heterocycles. The molecule has 0 radical (unpaired) electrons. The van der Waals surface area contributed by atoms with Gasteiger partial charge in [0.2, 0.25) is 0 Å². The number of nitrogens with zero attached hydrogens (tertiary/aromatic N) is 1. The molecule has 5 heteroatoms. The van der Waals surface area contributed by atoms with Gasteiger partial charge < -0.3 is 10.6 Å². The Morgan fingerprint density at radius 1 is 1.19 bits per heavy atom. The van der Waals surface area contributed by atoms with Crippen LogP contribution in [0.25, 0.3) is 0 Å². The molecule has 0 aliphatic carbocycles. The summed E-state index contributed by atoms with van der Waals surface area (Å²) in [5.41, 5.74) is 2.91. The van der Waals surface area contributed by atoms with Crippen molar-refractivity contribution in [3.63, 3.8) is 0 Å². The standard InChI is InChI=1S/C16H16ClN3O/c17-15-7-2-1-4-12(15)11-19-13-5-3-6-14(10-13)20-9-8-18-16(20)21/h1-7,10,19H,8-9,11H2,(H,18,21). The van der Waals surface area contributed by atoms with E-state index >= 15 is 0 Å². The fraction of sp³-hybridized carbons (Fsp3) is 0.188. The number of anilines is 2. The minimum absolute atomic E-state index is 0.0433. The molecule has 1 heterocycles. The van der Waals surface area contributed by atoms with Crippen LogP contribution in [0.1, 0.15) is 5.56 Å². The predicted octanol–water partition coefficient (Wildman–Crippen LogP) is 3.48. The van der Waals surface area contributed by atoms with Crippen molar-refractivity contribution in [2.24, 2.45) is 0 Å². The van der Waals surface area contributed by atoms with Crippen LogP contribution >= 0.6 is 11.6 Å². The number of benzene rings is 2. The van der Waals surface area contributed by atoms with Gasteiger partial charge in [-0.2, -0.15) is 0 Å². The SMILES string of the molecule is O=C1NCCN1c1cccc(NCc2ccccc2Cl)c1. The smallest absolute Gasteiger partial charge is 0.321 e. The molecule has 2 amide bonds. The van der Waals surface area contributed by atoms with Crippen molar-refractivity contribution >= 4 is 29.0 Å². The van der Waals surface area contributed by atoms with Crippen molar-refractivity contribution in [2.45, 2.75) is 6.54 Å². The third kappa shape index (κ3) is 3.11. The van der Waals surface area contributed by atoms with Gasteiger partial charge in [0.1, 0.15) is 0 Å². The van der Waals surface area contributed by atoms with Crippen LogP contribution in [0.4, 0.5) is 16.2 Å². The maximum absolute atomic E-state index is 11.7. The summed E-state index contributed by atoms with van der Waals surface area (Å²) in [6.45, 7) is 2.04. The molecule has 0 aromatic heterocycles. The number of carbonyl (C=O) groups is 1. The molecule has 1 aliphatic rings. The molecular formula is C16H16ClN3O. The molecule has 0 unspecified atom stereocenters. The Balaban J connectivity index is 1.72. The average Bonchev–Trinajstić information content (AvgIpc) is 2.93. The molecular weight excluding hydrogens is 286 g/mol. The first-order chi connectivity index (χ1) is 10.2. The van der Waals surface area contributed by atoms with Crippen molar-refractivity contribution in [1.29, 1.82) is 0 Å². The van der Waals surface area contributed by atoms with E-state index < -0.39 is 0 Å². The topological polar surface area (TPSA) is 44.4 Å². The van der Waals surface area contributed by atoms with E-state index in [0.29, 0.717) is 19.6 Å². The molecule has 108 valence electrons. The fourth-order valence-corrected chi connectivity index (χ4v) is 2.54. The van der Waals surface area contributed by atoms with E-state index in [0.717, 1.165) is 22.0 Å². The molecule has 4 nitrogen and oxygen atoms in total. The minimum atomic E-state index is -0.0433. The Kier molecular flexibility index (Phi) is 3.97. The van der Waals surface area contributed by atoms with E-state index in [4.69, 9.17) is 11.6 Å². The van der Waals surface area contributed by atoms with Crippen LogP contribution in [-0.2, 0) is 6.54 Å². The highest BCUT2D eigenvalue weighted by Crippen LogP contribution is 2.22. The maximum Gasteiger partial charge on any atom is 0.321 e. The van der Waals surface area contributed by atoms with Gasteiger partial charge >= 0.3 is 6.03 Å². The lowest BCUT2D eigenvalue weighted by atomic mass is 10.2. The van der Waals surface area contributed by atoms with Gasteiger partial charge in [0.05, 0.1) is 0 Å². The summed E-state index contributed by atoms with van der Waals surface area (Å²) in [5, 5.41) is 6.89. The van der Waals surface area contributed by atoms with E-state index in [1.165, 1.54) is 0 Å². The van der Waals surface area contributed by atoms with Gasteiger partial charge in [-0.05, 0) is 29.8 Å². The van der Waals surface area contributed by atoms with Gasteiger partial charge in [-0.3, -0.25) is 4.90 Å². The summed E-state index contributed by atoms with van der Waals surface area (Å²) in [7, 11) is 0. The van der Waals surface area contributed by atoms with E-state index in [2.05, 4.69) is 10.6 Å². The van der Waals surface area contributed by atoms with Gasteiger partial charge in [0.15, 0.2) is 0 Å². The lowest BCUT2D eigenvalue weighted by molar-refractivity contribution is 0.252. The van der Waals surface area contributed by atoms with E-state index in [-0.39, 0.29) is 6.03 Å². The second kappa shape index (κ2) is 6.06. The molecule has 1 fully saturated rings. The molecule has 0 bridgehead atoms. The number of carbonyl (C=O) groups excluding carboxylic acids is 1. The maximum atomic E-state index is 11.7. The highest BCUT2D eigenvalue weighted by molar-refractivity contribution is 6.31. The van der Waals surface area contributed by atoms with Crippen LogP contribution in [0.15, 0.2) is 48.5 Å². The second-order valence-corrected chi connectivity index (χ2v) is 5.29. The van der Waals surface area contributed by atoms with Gasteiger partial charge in [-0.1, -0.05) is 35.9 Å². The van der Waals surface area contributed by atoms with E-state index in [1.54, 1.807) is 4.90 Å². The van der Waals surface area contributed by atoms with Crippen molar-refractivity contribution in [2.75, 3.05) is 23.3 Å². The molecule has 0 saturated carbocycles. The van der Waals surface area contributed by atoms with E-state index in [9.17, 15) is 4.79 Å². The fourth-order valence-electron chi connectivity index (χ4n) is 2.34. The quantitative estimate of drug-likeness (QED) is 0.908. The predicted molar refractivity (Wildman–Crippen MR) is 86.0 cm³/mol. The zero-order valence-corrected chi connectivity index (χ0v) is 12.2. The Morgan fingerprint density at radius 2 is 2.05 bits per heavy atom. The number of halogens is 1. The molecule has 1 saturated heterocycles. The number of hydrogen-bond donors (Lipinski definition) is 2. The number of urea groups is 1. The number of rotatable bonds is 4. The lowest BCUT2D eigenvalue weighted by Crippen LogP contribution is -2.27. The molecule has 21 heavy (non-hydrogen) atoms. The normalized spacial score (nSPS) is 14.1. The van der Waals surface area contributed by atoms with Crippen LogP contribution < -0.4 is 15.5 Å². The van der Waals surface area contributed by atoms with Crippen LogP contribution in [0.2, 0.25) is 5.02 Å². The Hall–Kier alpha value is -2.20. The first-order valence-corrected chi connectivity index (χ1v) is 7.24. The summed E-state index contributed by atoms with van der Waals surface area (Å²) in [6.07, 6.45) is 0. The monoisotopic (exact) mass is 301 g/mol. The van der Waals surface area contributed by atoms with Crippen molar-refractivity contribution in [1.82, 2.24) is 5.32 Å². The molecule has 0 atom stereocenters. The first-order valence-electron chi connectivity index (χ1n) is 6.87. The summed E-state index contributed by atoms with van der Waals surface area (Å²) in [5.74, 6) is 0. The third-order valence-corrected chi connectivity index (χ3v) is 3.82. The Morgan fingerprint density at radius 3 is 2.81 bits per heavy atom. The Bertz CT molecular complexity index is 659. The van der Waals surface area contributed by atoms with Gasteiger partial charge in [0, 0.05) is 36.0 Å². The van der Waals surface area contributed by atoms with Crippen LogP contribution in [0, 0.1) is 0 Å². The lowest BCUT2D eigenvalue weighted by Gasteiger charge is -2.16. The van der Waals surface area contributed by atoms with Gasteiger partial charge in [-0.25, -0.2) is 4.79 Å². The van der Waals surface area contributed by atoms with Crippen molar-refractivity contribution in [3.05, 3.63) is 59.1 Å². The van der Waals surface area contributed by atoms with Gasteiger partial charge in [0.25, 0.3) is 0 Å². The molecule has 2 aromatic carbocycles. The van der Waals surface area contributed by atoms with Crippen LogP contribution in [0.5, 0.6) is 0 Å². The number of amides is 2. The third-order valence-electron chi connectivity index (χ3n) is 3.46. The summed E-state index contributed by atoms with van der Waals surface area (Å²) >= 11 is 6.14. The number of hydrogen-bond acceptors (Lipinski definition) is 2. The largest absolute Gasteiger partial charge is 0.381 e. The highest BCUT2D eigenvalue weighted by atomic mass is 35.5. The van der Waals surface area contributed by atoms with Crippen molar-refractivity contribution < 1.29 is 4.79 Å². The molecule has 0 spiro atoms. The van der Waals surface area contributed by atoms with Crippen LogP contribution in [-0.4, -0.2) is 19.1 Å². The second-order valence-electron chi connectivity index (χ2n) is 4.88. The van der Waals surface area contributed by atoms with E-state index in [1.807, 2.05) is 48.5 Å². The van der Waals surface area contributed by atoms with Crippen molar-refractivity contribution in [3.8, 4) is 0 Å². The minimum Gasteiger partial charge on any atom is -0.381 e. The van der Waals surface area contributed by atoms with Gasteiger partial charge in [-0.15, -0.1) is 0 Å². The summed E-state index contributed by atoms with van der Waals surface area (Å²) < 4.78 is 0. The number of nitrogens with one attached hydrogen (secondary N) is 2. The highest BCUT2D eigenvalue weighted by Gasteiger charge is 2.20. The van der Waals surface area contributed by atoms with Crippen LogP contribution in [0.3, 0.4) is 0 Å². The Labute approximate surface area is 128 Å². The molecule has 3 rings (SSSR count). The summed E-state index contributed by atoms with van der Waals surface area (Å²) in [6, 6.07) is 15.5. The zero-order valence-electron chi connectivity index (χ0n) is 11.5. The summed E-state index contributed by atoms with van der Waals surface area (Å²) in [4.78, 5) is 13.4. The molecule has 2 N–H and O–H groups in total. The first kappa shape index (κ1) is 13.8. The molecule has 2 aromatic rings. The average molecular weight is 302 g/mol.